The van der Waals surface area contributed by atoms with E-state index in [1.54, 1.807) is 0 Å². The van der Waals surface area contributed by atoms with Crippen molar-refractivity contribution in [2.75, 3.05) is 40.3 Å². The molecular formula is C14H29N3. The second-order valence-corrected chi connectivity index (χ2v) is 6.46. The lowest BCUT2D eigenvalue weighted by Gasteiger charge is -2.48. The normalized spacial score (nSPS) is 23.6. The highest BCUT2D eigenvalue weighted by atomic mass is 15.3. The van der Waals surface area contributed by atoms with E-state index in [0.29, 0.717) is 6.04 Å². The molecule has 0 amide bonds. The van der Waals surface area contributed by atoms with Gasteiger partial charge in [0.2, 0.25) is 0 Å². The molecule has 0 saturated carbocycles. The van der Waals surface area contributed by atoms with Crippen LogP contribution in [0.5, 0.6) is 0 Å². The van der Waals surface area contributed by atoms with Crippen molar-refractivity contribution < 1.29 is 0 Å². The summed E-state index contributed by atoms with van der Waals surface area (Å²) in [6.45, 7) is 17.7. The van der Waals surface area contributed by atoms with Crippen LogP contribution in [0, 0.1) is 0 Å². The van der Waals surface area contributed by atoms with E-state index < -0.39 is 0 Å². The summed E-state index contributed by atoms with van der Waals surface area (Å²) in [5.41, 5.74) is 1.50. The van der Waals surface area contributed by atoms with Crippen LogP contribution in [-0.2, 0) is 0 Å². The molecule has 0 bridgehead atoms. The van der Waals surface area contributed by atoms with Crippen LogP contribution in [0.2, 0.25) is 0 Å². The first kappa shape index (κ1) is 14.5. The molecule has 3 nitrogen and oxygen atoms in total. The maximum absolute atomic E-state index is 4.24. The summed E-state index contributed by atoms with van der Waals surface area (Å²) < 4.78 is 0. The molecule has 0 spiro atoms. The van der Waals surface area contributed by atoms with E-state index in [0.717, 1.165) is 26.2 Å². The molecule has 1 rings (SSSR count). The predicted octanol–water partition coefficient (Wildman–Crippen LogP) is 1.87. The van der Waals surface area contributed by atoms with Crippen molar-refractivity contribution in [3.63, 3.8) is 0 Å². The van der Waals surface area contributed by atoms with Crippen molar-refractivity contribution in [3.8, 4) is 0 Å². The number of hydrogen-bond donors (Lipinski definition) is 0. The highest BCUT2D eigenvalue weighted by Crippen LogP contribution is 2.24. The molecule has 0 aromatic heterocycles. The van der Waals surface area contributed by atoms with E-state index in [4.69, 9.17) is 0 Å². The minimum absolute atomic E-state index is 0.232. The van der Waals surface area contributed by atoms with Gasteiger partial charge in [-0.2, -0.15) is 0 Å². The predicted molar refractivity (Wildman–Crippen MR) is 75.2 cm³/mol. The fraction of sp³-hybridized carbons (Fsp3) is 0.857. The van der Waals surface area contributed by atoms with E-state index in [9.17, 15) is 0 Å². The van der Waals surface area contributed by atoms with Gasteiger partial charge in [0.1, 0.15) is 0 Å². The van der Waals surface area contributed by atoms with Crippen LogP contribution in [-0.4, -0.2) is 66.6 Å². The van der Waals surface area contributed by atoms with Gasteiger partial charge in [-0.1, -0.05) is 6.58 Å². The van der Waals surface area contributed by atoms with Crippen molar-refractivity contribution in [2.45, 2.75) is 39.3 Å². The molecular weight excluding hydrogens is 210 g/mol. The van der Waals surface area contributed by atoms with Gasteiger partial charge < -0.3 is 9.80 Å². The number of nitrogens with zero attached hydrogens (tertiary/aromatic N) is 3. The van der Waals surface area contributed by atoms with Gasteiger partial charge >= 0.3 is 0 Å². The average Bonchev–Trinajstić information content (AvgIpc) is 2.17. The Morgan fingerprint density at radius 2 is 1.94 bits per heavy atom. The molecule has 0 radical (unpaired) electrons. The molecule has 1 saturated heterocycles. The molecule has 1 aliphatic heterocycles. The van der Waals surface area contributed by atoms with E-state index in [1.807, 2.05) is 0 Å². The zero-order valence-corrected chi connectivity index (χ0v) is 12.5. The molecule has 3 heteroatoms. The number of piperazine rings is 1. The number of likely N-dealkylation sites (N-methyl/N-ethyl adjacent to an activating group) is 1. The Morgan fingerprint density at radius 1 is 1.35 bits per heavy atom. The summed E-state index contributed by atoms with van der Waals surface area (Å²) in [4.78, 5) is 7.21. The van der Waals surface area contributed by atoms with Crippen LogP contribution >= 0.6 is 0 Å². The summed E-state index contributed by atoms with van der Waals surface area (Å²) >= 11 is 0. The molecule has 100 valence electrons. The average molecular weight is 239 g/mol. The van der Waals surface area contributed by atoms with Crippen LogP contribution in [0.1, 0.15) is 27.7 Å². The largest absolute Gasteiger partial charge is 0.371 e. The first-order valence-corrected chi connectivity index (χ1v) is 6.56. The third kappa shape index (κ3) is 4.00. The zero-order valence-electron chi connectivity index (χ0n) is 12.5. The van der Waals surface area contributed by atoms with Gasteiger partial charge in [-0.25, -0.2) is 0 Å². The summed E-state index contributed by atoms with van der Waals surface area (Å²) in [6.07, 6.45) is 0. The molecule has 1 atom stereocenters. The molecule has 0 aromatic carbocycles. The van der Waals surface area contributed by atoms with Crippen molar-refractivity contribution in [1.29, 1.82) is 0 Å². The van der Waals surface area contributed by atoms with Gasteiger partial charge in [0.05, 0.1) is 0 Å². The van der Waals surface area contributed by atoms with Gasteiger partial charge in [-0.3, -0.25) is 4.90 Å². The van der Waals surface area contributed by atoms with E-state index in [-0.39, 0.29) is 5.54 Å². The summed E-state index contributed by atoms with van der Waals surface area (Å²) in [7, 11) is 4.25. The summed E-state index contributed by atoms with van der Waals surface area (Å²) in [6, 6.07) is 0.600. The fourth-order valence-electron chi connectivity index (χ4n) is 2.47. The molecule has 1 aliphatic rings. The molecule has 17 heavy (non-hydrogen) atoms. The first-order chi connectivity index (χ1) is 7.71. The minimum atomic E-state index is 0.232. The Kier molecular flexibility index (Phi) is 4.62. The highest BCUT2D eigenvalue weighted by Gasteiger charge is 2.32. The second kappa shape index (κ2) is 5.40. The van der Waals surface area contributed by atoms with E-state index in [2.05, 4.69) is 63.1 Å². The lowest BCUT2D eigenvalue weighted by atomic mass is 10.00. The third-order valence-electron chi connectivity index (χ3n) is 3.50. The maximum atomic E-state index is 4.24. The SMILES string of the molecule is C=C1CN(C(C)(C)C)[C@H](C)CN1CCN(C)C. The van der Waals surface area contributed by atoms with Crippen molar-refractivity contribution in [3.05, 3.63) is 12.3 Å². The summed E-state index contributed by atoms with van der Waals surface area (Å²) in [5, 5.41) is 0. The lowest BCUT2D eigenvalue weighted by Crippen LogP contribution is -2.57. The van der Waals surface area contributed by atoms with Crippen molar-refractivity contribution in [2.24, 2.45) is 0 Å². The van der Waals surface area contributed by atoms with Gasteiger partial charge in [0.25, 0.3) is 0 Å². The Bertz CT molecular complexity index is 265. The molecule has 0 unspecified atom stereocenters. The smallest absolute Gasteiger partial charge is 0.0386 e. The van der Waals surface area contributed by atoms with Crippen LogP contribution in [0.3, 0.4) is 0 Å². The molecule has 1 heterocycles. The van der Waals surface area contributed by atoms with Gasteiger partial charge in [-0.15, -0.1) is 0 Å². The van der Waals surface area contributed by atoms with Crippen LogP contribution in [0.25, 0.3) is 0 Å². The van der Waals surface area contributed by atoms with Gasteiger partial charge in [0.15, 0.2) is 0 Å². The molecule has 0 N–H and O–H groups in total. The highest BCUT2D eigenvalue weighted by molar-refractivity contribution is 5.05. The van der Waals surface area contributed by atoms with E-state index >= 15 is 0 Å². The van der Waals surface area contributed by atoms with Gasteiger partial charge in [-0.05, 0) is 41.8 Å². The monoisotopic (exact) mass is 239 g/mol. The Labute approximate surface area is 107 Å². The Morgan fingerprint density at radius 3 is 2.41 bits per heavy atom. The molecule has 1 fully saturated rings. The number of hydrogen-bond acceptors (Lipinski definition) is 3. The molecule has 0 aliphatic carbocycles. The van der Waals surface area contributed by atoms with Gasteiger partial charge in [0, 0.05) is 43.5 Å². The van der Waals surface area contributed by atoms with Crippen molar-refractivity contribution >= 4 is 0 Å². The fourth-order valence-corrected chi connectivity index (χ4v) is 2.47. The first-order valence-electron chi connectivity index (χ1n) is 6.56. The van der Waals surface area contributed by atoms with Crippen LogP contribution < -0.4 is 0 Å². The second-order valence-electron chi connectivity index (χ2n) is 6.46. The maximum Gasteiger partial charge on any atom is 0.0386 e. The van der Waals surface area contributed by atoms with E-state index in [1.165, 1.54) is 5.70 Å². The Hall–Kier alpha value is -0.540. The zero-order chi connectivity index (χ0) is 13.2. The topological polar surface area (TPSA) is 9.72 Å². The van der Waals surface area contributed by atoms with Crippen LogP contribution in [0.4, 0.5) is 0 Å². The van der Waals surface area contributed by atoms with Crippen LogP contribution in [0.15, 0.2) is 12.3 Å². The molecule has 0 aromatic rings. The Balaban J connectivity index is 2.58. The minimum Gasteiger partial charge on any atom is -0.371 e. The quantitative estimate of drug-likeness (QED) is 0.744. The van der Waals surface area contributed by atoms with Crippen molar-refractivity contribution in [1.82, 2.24) is 14.7 Å². The standard InChI is InChI=1S/C14H29N3/c1-12-11-17(14(3,4)5)13(2)10-16(12)9-8-15(6)7/h13H,1,8-11H2,2-7H3/t13-/m1/s1. The lowest BCUT2D eigenvalue weighted by molar-refractivity contribution is 0.0425. The third-order valence-corrected chi connectivity index (χ3v) is 3.50. The summed E-state index contributed by atoms with van der Waals surface area (Å²) in [5.74, 6) is 0. The number of rotatable bonds is 3.